The topological polar surface area (TPSA) is 41.3 Å². The number of hydrogen-bond acceptors (Lipinski definition) is 3. The Hall–Kier alpha value is -1.10. The van der Waals surface area contributed by atoms with Gasteiger partial charge in [-0.25, -0.2) is 4.98 Å². The summed E-state index contributed by atoms with van der Waals surface area (Å²) >= 11 is 6.13. The summed E-state index contributed by atoms with van der Waals surface area (Å²) in [5.74, 6) is 1.04. The normalized spacial score (nSPS) is 11.7. The van der Waals surface area contributed by atoms with Gasteiger partial charge in [0.25, 0.3) is 0 Å². The average Bonchev–Trinajstić information content (AvgIpc) is 2.83. The lowest BCUT2D eigenvalue weighted by molar-refractivity contribution is 0.281. The second-order valence-electron chi connectivity index (χ2n) is 5.17. The lowest BCUT2D eigenvalue weighted by Gasteiger charge is -2.19. The molecular weight excluding hydrogens is 286 g/mol. The Morgan fingerprint density at radius 3 is 2.71 bits per heavy atom. The number of aliphatic hydroxyl groups is 1. The van der Waals surface area contributed by atoms with Crippen LogP contribution in [-0.4, -0.2) is 45.8 Å². The number of fused-ring (bicyclic) bond motifs is 1. The molecule has 2 rings (SSSR count). The molecule has 0 aliphatic heterocycles. The van der Waals surface area contributed by atoms with Crippen LogP contribution < -0.4 is 0 Å². The lowest BCUT2D eigenvalue weighted by atomic mass is 10.3. The van der Waals surface area contributed by atoms with E-state index in [9.17, 15) is 0 Å². The van der Waals surface area contributed by atoms with E-state index in [0.29, 0.717) is 0 Å². The smallest absolute Gasteiger partial charge is 0.109 e. The molecule has 5 heteroatoms. The van der Waals surface area contributed by atoms with Crippen LogP contribution >= 0.6 is 11.6 Å². The van der Waals surface area contributed by atoms with Crippen LogP contribution in [0.2, 0.25) is 5.02 Å². The van der Waals surface area contributed by atoms with E-state index in [1.165, 1.54) is 0 Å². The first-order chi connectivity index (χ1) is 10.2. The van der Waals surface area contributed by atoms with Gasteiger partial charge in [0.05, 0.1) is 11.0 Å². The first-order valence-electron chi connectivity index (χ1n) is 7.67. The first kappa shape index (κ1) is 16.3. The molecule has 0 bridgehead atoms. The molecule has 1 heterocycles. The molecule has 0 radical (unpaired) electrons. The Balaban J connectivity index is 2.29. The molecule has 1 aromatic heterocycles. The van der Waals surface area contributed by atoms with Gasteiger partial charge >= 0.3 is 0 Å². The number of aromatic nitrogens is 2. The summed E-state index contributed by atoms with van der Waals surface area (Å²) in [5, 5.41) is 9.80. The quantitative estimate of drug-likeness (QED) is 0.815. The van der Waals surface area contributed by atoms with Crippen molar-refractivity contribution in [2.24, 2.45) is 0 Å². The van der Waals surface area contributed by atoms with Crippen LogP contribution in [0, 0.1) is 0 Å². The number of nitrogens with zero attached hydrogens (tertiary/aromatic N) is 3. The number of hydrogen-bond donors (Lipinski definition) is 1. The van der Waals surface area contributed by atoms with Gasteiger partial charge < -0.3 is 14.6 Å². The monoisotopic (exact) mass is 309 g/mol. The zero-order valence-electron chi connectivity index (χ0n) is 12.8. The SMILES string of the molecule is CCN(CC)CCn1c(CCCO)nc2ccc(Cl)cc21. The second-order valence-corrected chi connectivity index (χ2v) is 5.60. The fraction of sp³-hybridized carbons (Fsp3) is 0.562. The lowest BCUT2D eigenvalue weighted by Crippen LogP contribution is -2.27. The highest BCUT2D eigenvalue weighted by Gasteiger charge is 2.11. The number of aliphatic hydroxyl groups excluding tert-OH is 1. The maximum absolute atomic E-state index is 9.07. The third-order valence-electron chi connectivity index (χ3n) is 3.88. The van der Waals surface area contributed by atoms with E-state index in [2.05, 4.69) is 23.3 Å². The van der Waals surface area contributed by atoms with E-state index >= 15 is 0 Å². The van der Waals surface area contributed by atoms with Crippen LogP contribution in [0.25, 0.3) is 11.0 Å². The summed E-state index contributed by atoms with van der Waals surface area (Å²) in [5.41, 5.74) is 2.06. The maximum atomic E-state index is 9.07. The largest absolute Gasteiger partial charge is 0.396 e. The van der Waals surface area contributed by atoms with Gasteiger partial charge in [-0.05, 0) is 37.7 Å². The predicted octanol–water partition coefficient (Wildman–Crippen LogP) is 2.96. The molecule has 21 heavy (non-hydrogen) atoms. The molecule has 0 fully saturated rings. The number of benzene rings is 1. The summed E-state index contributed by atoms with van der Waals surface area (Å²) in [7, 11) is 0. The molecule has 1 N–H and O–H groups in total. The summed E-state index contributed by atoms with van der Waals surface area (Å²) in [6.07, 6.45) is 1.53. The van der Waals surface area contributed by atoms with Crippen molar-refractivity contribution in [2.75, 3.05) is 26.2 Å². The summed E-state index contributed by atoms with van der Waals surface area (Å²) in [6.45, 7) is 8.56. The minimum absolute atomic E-state index is 0.194. The summed E-state index contributed by atoms with van der Waals surface area (Å²) in [6, 6.07) is 5.82. The van der Waals surface area contributed by atoms with E-state index in [-0.39, 0.29) is 6.61 Å². The van der Waals surface area contributed by atoms with Crippen LogP contribution in [0.1, 0.15) is 26.1 Å². The number of aryl methyl sites for hydroxylation is 1. The van der Waals surface area contributed by atoms with Crippen molar-refractivity contribution in [2.45, 2.75) is 33.2 Å². The van der Waals surface area contributed by atoms with Gasteiger partial charge in [-0.1, -0.05) is 25.4 Å². The second kappa shape index (κ2) is 7.78. The van der Waals surface area contributed by atoms with Crippen molar-refractivity contribution in [3.8, 4) is 0 Å². The fourth-order valence-corrected chi connectivity index (χ4v) is 2.77. The molecule has 0 unspecified atom stereocenters. The zero-order chi connectivity index (χ0) is 15.2. The molecule has 2 aromatic rings. The molecular formula is C16H24ClN3O. The minimum atomic E-state index is 0.194. The van der Waals surface area contributed by atoms with Crippen LogP contribution in [0.3, 0.4) is 0 Å². The molecule has 0 atom stereocenters. The Bertz CT molecular complexity index is 578. The fourth-order valence-electron chi connectivity index (χ4n) is 2.60. The minimum Gasteiger partial charge on any atom is -0.396 e. The van der Waals surface area contributed by atoms with Gasteiger partial charge in [0.1, 0.15) is 5.82 Å². The molecule has 0 spiro atoms. The van der Waals surface area contributed by atoms with E-state index in [4.69, 9.17) is 21.7 Å². The molecule has 0 aliphatic carbocycles. The van der Waals surface area contributed by atoms with Crippen molar-refractivity contribution >= 4 is 22.6 Å². The van der Waals surface area contributed by atoms with Crippen molar-refractivity contribution in [3.63, 3.8) is 0 Å². The predicted molar refractivity (Wildman–Crippen MR) is 87.9 cm³/mol. The third-order valence-corrected chi connectivity index (χ3v) is 4.12. The Labute approximate surface area is 131 Å². The average molecular weight is 310 g/mol. The van der Waals surface area contributed by atoms with Crippen LogP contribution in [0.4, 0.5) is 0 Å². The van der Waals surface area contributed by atoms with Crippen LogP contribution in [0.15, 0.2) is 18.2 Å². The number of rotatable bonds is 8. The summed E-state index contributed by atoms with van der Waals surface area (Å²) < 4.78 is 2.25. The van der Waals surface area contributed by atoms with E-state index in [0.717, 1.165) is 60.9 Å². The molecule has 116 valence electrons. The van der Waals surface area contributed by atoms with Crippen LogP contribution in [-0.2, 0) is 13.0 Å². The van der Waals surface area contributed by atoms with E-state index in [1.54, 1.807) is 0 Å². The summed E-state index contributed by atoms with van der Waals surface area (Å²) in [4.78, 5) is 7.09. The number of imidazole rings is 1. The molecule has 0 saturated heterocycles. The molecule has 0 amide bonds. The van der Waals surface area contributed by atoms with Gasteiger partial charge in [0.15, 0.2) is 0 Å². The first-order valence-corrected chi connectivity index (χ1v) is 8.05. The van der Waals surface area contributed by atoms with Crippen molar-refractivity contribution in [3.05, 3.63) is 29.0 Å². The van der Waals surface area contributed by atoms with Crippen molar-refractivity contribution in [1.29, 1.82) is 0 Å². The van der Waals surface area contributed by atoms with Gasteiger partial charge in [0, 0.05) is 31.1 Å². The highest BCUT2D eigenvalue weighted by Crippen LogP contribution is 2.21. The standard InChI is InChI=1S/C16H24ClN3O/c1-3-19(4-2)9-10-20-15-12-13(17)7-8-14(15)18-16(20)6-5-11-21/h7-8,12,21H,3-6,9-11H2,1-2H3. The highest BCUT2D eigenvalue weighted by atomic mass is 35.5. The molecule has 0 aliphatic rings. The Kier molecular flexibility index (Phi) is 6.03. The van der Waals surface area contributed by atoms with Gasteiger partial charge in [-0.15, -0.1) is 0 Å². The Morgan fingerprint density at radius 1 is 1.29 bits per heavy atom. The van der Waals surface area contributed by atoms with Gasteiger partial charge in [0.2, 0.25) is 0 Å². The third kappa shape index (κ3) is 3.96. The van der Waals surface area contributed by atoms with Crippen LogP contribution in [0.5, 0.6) is 0 Å². The van der Waals surface area contributed by atoms with E-state index in [1.807, 2.05) is 18.2 Å². The molecule has 1 aromatic carbocycles. The highest BCUT2D eigenvalue weighted by molar-refractivity contribution is 6.31. The number of halogens is 1. The van der Waals surface area contributed by atoms with Crippen molar-refractivity contribution < 1.29 is 5.11 Å². The van der Waals surface area contributed by atoms with Crippen molar-refractivity contribution in [1.82, 2.24) is 14.5 Å². The Morgan fingerprint density at radius 2 is 2.05 bits per heavy atom. The number of likely N-dealkylation sites (N-methyl/N-ethyl adjacent to an activating group) is 1. The molecule has 4 nitrogen and oxygen atoms in total. The van der Waals surface area contributed by atoms with Gasteiger partial charge in [-0.3, -0.25) is 0 Å². The van der Waals surface area contributed by atoms with E-state index < -0.39 is 0 Å². The molecule has 0 saturated carbocycles. The van der Waals surface area contributed by atoms with Gasteiger partial charge in [-0.2, -0.15) is 0 Å². The zero-order valence-corrected chi connectivity index (χ0v) is 13.6. The maximum Gasteiger partial charge on any atom is 0.109 e.